The summed E-state index contributed by atoms with van der Waals surface area (Å²) in [5, 5.41) is 21.9. The van der Waals surface area contributed by atoms with Crippen LogP contribution in [0.1, 0.15) is 65.2 Å². The van der Waals surface area contributed by atoms with Gasteiger partial charge in [0.05, 0.1) is 6.07 Å². The molecule has 1 fully saturated rings. The Morgan fingerprint density at radius 3 is 2.29 bits per heavy atom. The minimum absolute atomic E-state index is 0.115. The summed E-state index contributed by atoms with van der Waals surface area (Å²) >= 11 is 0. The van der Waals surface area contributed by atoms with Crippen LogP contribution in [0.15, 0.2) is 0 Å². The Morgan fingerprint density at radius 1 is 1.24 bits per heavy atom. The van der Waals surface area contributed by atoms with E-state index in [9.17, 15) is 15.2 Å². The topological polar surface area (TPSA) is 73.1 Å². The van der Waals surface area contributed by atoms with E-state index in [2.05, 4.69) is 11.4 Å². The van der Waals surface area contributed by atoms with Gasteiger partial charge in [-0.15, -0.1) is 0 Å². The van der Waals surface area contributed by atoms with Crippen LogP contribution < -0.4 is 5.32 Å². The summed E-state index contributed by atoms with van der Waals surface area (Å²) in [6.45, 7) is 4.82. The van der Waals surface area contributed by atoms with Crippen molar-refractivity contribution in [3.8, 4) is 6.07 Å². The molecule has 4 heteroatoms. The molecule has 4 nitrogen and oxygen atoms in total. The van der Waals surface area contributed by atoms with Gasteiger partial charge >= 0.3 is 0 Å². The molecule has 120 valence electrons. The SMILES string of the molecule is CCCC(C#N)(CCC)C(=O)NCC1CCCCC1CO. The molecule has 2 unspecified atom stereocenters. The third kappa shape index (κ3) is 4.71. The molecule has 0 aromatic rings. The van der Waals surface area contributed by atoms with Gasteiger partial charge in [0.25, 0.3) is 0 Å². The first kappa shape index (κ1) is 18.0. The highest BCUT2D eigenvalue weighted by Gasteiger charge is 2.37. The molecule has 21 heavy (non-hydrogen) atoms. The van der Waals surface area contributed by atoms with Crippen LogP contribution in [0.2, 0.25) is 0 Å². The fourth-order valence-electron chi connectivity index (χ4n) is 3.55. The third-order valence-electron chi connectivity index (χ3n) is 4.83. The molecule has 0 saturated heterocycles. The summed E-state index contributed by atoms with van der Waals surface area (Å²) in [7, 11) is 0. The molecule has 2 atom stereocenters. The maximum atomic E-state index is 12.5. The van der Waals surface area contributed by atoms with Crippen molar-refractivity contribution >= 4 is 5.91 Å². The normalized spacial score (nSPS) is 22.6. The largest absolute Gasteiger partial charge is 0.396 e. The first-order chi connectivity index (χ1) is 10.1. The number of carbonyl (C=O) groups excluding carboxylic acids is 1. The zero-order valence-corrected chi connectivity index (χ0v) is 13.5. The lowest BCUT2D eigenvalue weighted by atomic mass is 9.78. The highest BCUT2D eigenvalue weighted by atomic mass is 16.3. The number of nitrogens with zero attached hydrogens (tertiary/aromatic N) is 1. The van der Waals surface area contributed by atoms with Gasteiger partial charge in [0, 0.05) is 13.2 Å². The van der Waals surface area contributed by atoms with Crippen molar-refractivity contribution in [3.05, 3.63) is 0 Å². The molecule has 1 rings (SSSR count). The second-order valence-electron chi connectivity index (χ2n) is 6.39. The molecule has 1 aliphatic carbocycles. The molecule has 1 saturated carbocycles. The lowest BCUT2D eigenvalue weighted by Gasteiger charge is -2.32. The standard InChI is InChI=1S/C17H30N2O2/c1-3-9-17(13-18,10-4-2)16(21)19-11-14-7-5-6-8-15(14)12-20/h14-15,20H,3-12H2,1-2H3,(H,19,21). The molecule has 0 spiro atoms. The van der Waals surface area contributed by atoms with E-state index in [0.717, 1.165) is 25.7 Å². The van der Waals surface area contributed by atoms with Crippen molar-refractivity contribution in [3.63, 3.8) is 0 Å². The smallest absolute Gasteiger partial charge is 0.240 e. The van der Waals surface area contributed by atoms with Gasteiger partial charge in [-0.25, -0.2) is 0 Å². The van der Waals surface area contributed by atoms with E-state index in [0.29, 0.717) is 31.2 Å². The van der Waals surface area contributed by atoms with Gasteiger partial charge in [0.2, 0.25) is 5.91 Å². The van der Waals surface area contributed by atoms with E-state index in [4.69, 9.17) is 0 Å². The zero-order valence-electron chi connectivity index (χ0n) is 13.5. The quantitative estimate of drug-likeness (QED) is 0.722. The lowest BCUT2D eigenvalue weighted by molar-refractivity contribution is -0.129. The summed E-state index contributed by atoms with van der Waals surface area (Å²) < 4.78 is 0. The number of nitrogens with one attached hydrogen (secondary N) is 1. The monoisotopic (exact) mass is 294 g/mol. The van der Waals surface area contributed by atoms with Crippen LogP contribution in [0.5, 0.6) is 0 Å². The minimum atomic E-state index is -0.868. The lowest BCUT2D eigenvalue weighted by Crippen LogP contribution is -2.43. The van der Waals surface area contributed by atoms with Crippen LogP contribution in [0.4, 0.5) is 0 Å². The van der Waals surface area contributed by atoms with Crippen molar-refractivity contribution < 1.29 is 9.90 Å². The van der Waals surface area contributed by atoms with E-state index >= 15 is 0 Å². The number of carbonyl (C=O) groups is 1. The Bertz CT molecular complexity index is 356. The summed E-state index contributed by atoms with van der Waals surface area (Å²) in [6, 6.07) is 2.27. The van der Waals surface area contributed by atoms with Gasteiger partial charge in [-0.3, -0.25) is 4.79 Å². The average molecular weight is 294 g/mol. The highest BCUT2D eigenvalue weighted by molar-refractivity contribution is 5.85. The molecule has 0 bridgehead atoms. The van der Waals surface area contributed by atoms with E-state index in [1.165, 1.54) is 12.8 Å². The second-order valence-corrected chi connectivity index (χ2v) is 6.39. The van der Waals surface area contributed by atoms with Crippen LogP contribution in [0.25, 0.3) is 0 Å². The Hall–Kier alpha value is -1.08. The fourth-order valence-corrected chi connectivity index (χ4v) is 3.55. The molecule has 2 N–H and O–H groups in total. The zero-order chi connectivity index (χ0) is 15.7. The molecule has 1 aliphatic rings. The first-order valence-electron chi connectivity index (χ1n) is 8.44. The molecule has 0 aromatic carbocycles. The molecular weight excluding hydrogens is 264 g/mol. The van der Waals surface area contributed by atoms with Gasteiger partial charge in [-0.1, -0.05) is 39.5 Å². The predicted octanol–water partition coefficient (Wildman–Crippen LogP) is 3.01. The van der Waals surface area contributed by atoms with Crippen molar-refractivity contribution in [1.29, 1.82) is 5.26 Å². The van der Waals surface area contributed by atoms with E-state index in [-0.39, 0.29) is 12.5 Å². The molecular formula is C17H30N2O2. The van der Waals surface area contributed by atoms with E-state index < -0.39 is 5.41 Å². The Balaban J connectivity index is 2.62. The third-order valence-corrected chi connectivity index (χ3v) is 4.83. The molecule has 0 radical (unpaired) electrons. The summed E-state index contributed by atoms with van der Waals surface area (Å²) in [5.74, 6) is 0.538. The molecule has 0 aromatic heterocycles. The predicted molar refractivity (Wildman–Crippen MR) is 83.4 cm³/mol. The van der Waals surface area contributed by atoms with Crippen molar-refractivity contribution in [2.75, 3.05) is 13.2 Å². The van der Waals surface area contributed by atoms with Gasteiger partial charge in [-0.2, -0.15) is 5.26 Å². The number of nitriles is 1. The van der Waals surface area contributed by atoms with E-state index in [1.54, 1.807) is 0 Å². The van der Waals surface area contributed by atoms with Crippen LogP contribution in [0.3, 0.4) is 0 Å². The number of amides is 1. The summed E-state index contributed by atoms with van der Waals surface area (Å²) in [5.41, 5.74) is -0.868. The summed E-state index contributed by atoms with van der Waals surface area (Å²) in [4.78, 5) is 12.5. The van der Waals surface area contributed by atoms with Gasteiger partial charge in [-0.05, 0) is 37.5 Å². The van der Waals surface area contributed by atoms with Crippen LogP contribution in [-0.4, -0.2) is 24.2 Å². The first-order valence-corrected chi connectivity index (χ1v) is 8.44. The minimum Gasteiger partial charge on any atom is -0.396 e. The van der Waals surface area contributed by atoms with Gasteiger partial charge < -0.3 is 10.4 Å². The average Bonchev–Trinajstić information content (AvgIpc) is 2.52. The molecule has 0 heterocycles. The number of aliphatic hydroxyl groups is 1. The Morgan fingerprint density at radius 2 is 1.81 bits per heavy atom. The van der Waals surface area contributed by atoms with Crippen molar-refractivity contribution in [2.45, 2.75) is 65.2 Å². The Kier molecular flexibility index (Phi) is 7.74. The molecule has 0 aliphatic heterocycles. The van der Waals surface area contributed by atoms with Gasteiger partial charge in [0.1, 0.15) is 5.41 Å². The number of aliphatic hydroxyl groups excluding tert-OH is 1. The highest BCUT2D eigenvalue weighted by Crippen LogP contribution is 2.31. The van der Waals surface area contributed by atoms with Crippen molar-refractivity contribution in [2.24, 2.45) is 17.3 Å². The second kappa shape index (κ2) is 9.04. The maximum Gasteiger partial charge on any atom is 0.240 e. The maximum absolute atomic E-state index is 12.5. The number of rotatable bonds is 8. The van der Waals surface area contributed by atoms with E-state index in [1.807, 2.05) is 13.8 Å². The summed E-state index contributed by atoms with van der Waals surface area (Å²) in [6.07, 6.45) is 7.37. The fraction of sp³-hybridized carbons (Fsp3) is 0.882. The Labute approximate surface area is 128 Å². The molecule has 1 amide bonds. The van der Waals surface area contributed by atoms with Gasteiger partial charge in [0.15, 0.2) is 0 Å². The number of hydrogen-bond acceptors (Lipinski definition) is 3. The van der Waals surface area contributed by atoms with Crippen LogP contribution >= 0.6 is 0 Å². The van der Waals surface area contributed by atoms with Crippen molar-refractivity contribution in [1.82, 2.24) is 5.32 Å². The van der Waals surface area contributed by atoms with Crippen LogP contribution in [0, 0.1) is 28.6 Å². The number of hydrogen-bond donors (Lipinski definition) is 2. The van der Waals surface area contributed by atoms with Crippen LogP contribution in [-0.2, 0) is 4.79 Å².